The summed E-state index contributed by atoms with van der Waals surface area (Å²) in [6.45, 7) is 4.26. The van der Waals surface area contributed by atoms with Crippen LogP contribution in [0.1, 0.15) is 36.6 Å². The van der Waals surface area contributed by atoms with E-state index < -0.39 is 6.04 Å². The van der Waals surface area contributed by atoms with E-state index in [2.05, 4.69) is 5.32 Å². The molecule has 1 aliphatic rings. The molecule has 49 heavy (non-hydrogen) atoms. The van der Waals surface area contributed by atoms with Crippen LogP contribution in [-0.2, 0) is 11.4 Å². The lowest BCUT2D eigenvalue weighted by atomic mass is 9.94. The number of methoxy groups -OCH3 is 2. The van der Waals surface area contributed by atoms with E-state index in [9.17, 15) is 14.0 Å². The van der Waals surface area contributed by atoms with Gasteiger partial charge in [-0.3, -0.25) is 14.2 Å². The average molecular weight is 680 g/mol. The highest BCUT2D eigenvalue weighted by molar-refractivity contribution is 7.07. The molecule has 0 aliphatic carbocycles. The van der Waals surface area contributed by atoms with E-state index in [1.807, 2.05) is 31.2 Å². The molecule has 0 saturated heterocycles. The van der Waals surface area contributed by atoms with Crippen LogP contribution >= 0.6 is 11.3 Å². The van der Waals surface area contributed by atoms with Crippen molar-refractivity contribution in [3.63, 3.8) is 0 Å². The largest absolute Gasteiger partial charge is 0.497 e. The molecule has 4 aromatic carbocycles. The van der Waals surface area contributed by atoms with Crippen molar-refractivity contribution in [1.29, 1.82) is 0 Å². The van der Waals surface area contributed by atoms with Gasteiger partial charge in [-0.15, -0.1) is 0 Å². The van der Waals surface area contributed by atoms with E-state index in [1.54, 1.807) is 74.7 Å². The smallest absolute Gasteiger partial charge is 0.271 e. The van der Waals surface area contributed by atoms with Gasteiger partial charge in [0.15, 0.2) is 16.3 Å². The van der Waals surface area contributed by atoms with Crippen molar-refractivity contribution in [3.05, 3.63) is 144 Å². The molecule has 2 heterocycles. The molecular weight excluding hydrogens is 645 g/mol. The maximum Gasteiger partial charge on any atom is 0.271 e. The van der Waals surface area contributed by atoms with Crippen LogP contribution in [-0.4, -0.2) is 31.3 Å². The highest BCUT2D eigenvalue weighted by Gasteiger charge is 2.34. The Labute approximate surface area is 286 Å². The maximum atomic E-state index is 14.3. The van der Waals surface area contributed by atoms with E-state index in [1.165, 1.54) is 35.1 Å². The van der Waals surface area contributed by atoms with Gasteiger partial charge in [-0.2, -0.15) is 0 Å². The van der Waals surface area contributed by atoms with Gasteiger partial charge < -0.3 is 24.3 Å². The minimum Gasteiger partial charge on any atom is -0.497 e. The molecule has 250 valence electrons. The zero-order chi connectivity index (χ0) is 34.5. The second-order valence-electron chi connectivity index (χ2n) is 11.1. The summed E-state index contributed by atoms with van der Waals surface area (Å²) in [5.41, 5.74) is 3.20. The summed E-state index contributed by atoms with van der Waals surface area (Å²) in [6, 6.07) is 25.1. The molecule has 1 amide bonds. The Bertz CT molecular complexity index is 2210. The van der Waals surface area contributed by atoms with E-state index in [-0.39, 0.29) is 23.9 Å². The topological polar surface area (TPSA) is 100 Å². The van der Waals surface area contributed by atoms with Crippen LogP contribution in [0.3, 0.4) is 0 Å². The molecule has 1 N–H and O–H groups in total. The average Bonchev–Trinajstić information content (AvgIpc) is 3.41. The number of allylic oxidation sites excluding steroid dienone is 1. The molecule has 9 nitrogen and oxygen atoms in total. The quantitative estimate of drug-likeness (QED) is 0.184. The highest BCUT2D eigenvalue weighted by Crippen LogP contribution is 2.38. The molecule has 0 bridgehead atoms. The summed E-state index contributed by atoms with van der Waals surface area (Å²) in [5.74, 6) is 1.34. The first-order chi connectivity index (χ1) is 23.8. The number of rotatable bonds is 11. The van der Waals surface area contributed by atoms with Crippen LogP contribution in [0.15, 0.2) is 112 Å². The molecule has 1 atom stereocenters. The first-order valence-electron chi connectivity index (χ1n) is 15.5. The number of benzene rings is 4. The Balaban J connectivity index is 1.42. The number of fused-ring (bicyclic) bond motifs is 1. The van der Waals surface area contributed by atoms with Crippen LogP contribution in [0.4, 0.5) is 10.1 Å². The Hall–Kier alpha value is -5.68. The second kappa shape index (κ2) is 14.6. The second-order valence-corrected chi connectivity index (χ2v) is 12.1. The molecule has 0 unspecified atom stereocenters. The number of nitrogens with zero attached hydrogens (tertiary/aromatic N) is 2. The third-order valence-corrected chi connectivity index (χ3v) is 8.89. The summed E-state index contributed by atoms with van der Waals surface area (Å²) in [7, 11) is 3.09. The van der Waals surface area contributed by atoms with Crippen LogP contribution in [0.5, 0.6) is 23.0 Å². The third-order valence-electron chi connectivity index (χ3n) is 7.91. The van der Waals surface area contributed by atoms with Gasteiger partial charge in [0.1, 0.15) is 30.0 Å². The summed E-state index contributed by atoms with van der Waals surface area (Å²) >= 11 is 1.22. The molecule has 0 saturated carbocycles. The molecule has 0 radical (unpaired) electrons. The van der Waals surface area contributed by atoms with Crippen LogP contribution in [0, 0.1) is 5.82 Å². The van der Waals surface area contributed by atoms with Crippen LogP contribution in [0.2, 0.25) is 0 Å². The zero-order valence-electron chi connectivity index (χ0n) is 27.4. The molecule has 0 spiro atoms. The Kier molecular flexibility index (Phi) is 9.91. The molecule has 11 heteroatoms. The van der Waals surface area contributed by atoms with Gasteiger partial charge in [-0.05, 0) is 79.6 Å². The van der Waals surface area contributed by atoms with Gasteiger partial charge in [-0.25, -0.2) is 9.38 Å². The van der Waals surface area contributed by atoms with Gasteiger partial charge in [-0.1, -0.05) is 47.7 Å². The summed E-state index contributed by atoms with van der Waals surface area (Å²) in [4.78, 5) is 33.4. The third kappa shape index (κ3) is 7.12. The van der Waals surface area contributed by atoms with Crippen LogP contribution < -0.4 is 39.2 Å². The van der Waals surface area contributed by atoms with Crippen LogP contribution in [0.25, 0.3) is 6.08 Å². The number of amides is 1. The molecule has 6 rings (SSSR count). The van der Waals surface area contributed by atoms with Crippen molar-refractivity contribution in [3.8, 4) is 23.0 Å². The number of ether oxygens (including phenoxy) is 4. The van der Waals surface area contributed by atoms with Crippen molar-refractivity contribution < 1.29 is 28.1 Å². The van der Waals surface area contributed by atoms with Crippen molar-refractivity contribution in [2.45, 2.75) is 26.5 Å². The van der Waals surface area contributed by atoms with Gasteiger partial charge in [0.05, 0.1) is 36.6 Å². The number of thiazole rings is 1. The number of carbonyl (C=O) groups excluding carboxylic acids is 1. The van der Waals surface area contributed by atoms with E-state index in [4.69, 9.17) is 23.9 Å². The first-order valence-corrected chi connectivity index (χ1v) is 16.4. The van der Waals surface area contributed by atoms with Crippen molar-refractivity contribution in [2.24, 2.45) is 4.99 Å². The molecule has 1 aromatic heterocycles. The molecule has 1 aliphatic heterocycles. The fourth-order valence-corrected chi connectivity index (χ4v) is 6.61. The summed E-state index contributed by atoms with van der Waals surface area (Å²) in [6.07, 6.45) is 1.77. The SMILES string of the molecule is CCOc1cc(/C=c2\sc3n(c2=O)[C@H](c2ccc(OC)cc2OC)C(C(=O)Nc2ccccc2)=C(C)N=3)ccc1OCc1ccc(F)cc1. The van der Waals surface area contributed by atoms with Gasteiger partial charge in [0, 0.05) is 17.3 Å². The fraction of sp³-hybridized carbons (Fsp3) is 0.184. The number of halogens is 1. The normalized spacial score (nSPS) is 14.1. The first kappa shape index (κ1) is 33.2. The number of hydrogen-bond donors (Lipinski definition) is 1. The van der Waals surface area contributed by atoms with Gasteiger partial charge in [0.2, 0.25) is 0 Å². The fourth-order valence-electron chi connectivity index (χ4n) is 5.57. The van der Waals surface area contributed by atoms with E-state index in [0.717, 1.165) is 5.56 Å². The number of anilines is 1. The number of nitrogens with one attached hydrogen (secondary N) is 1. The zero-order valence-corrected chi connectivity index (χ0v) is 28.2. The van der Waals surface area contributed by atoms with E-state index >= 15 is 0 Å². The Morgan fingerprint density at radius 2 is 1.71 bits per heavy atom. The highest BCUT2D eigenvalue weighted by atomic mass is 32.1. The van der Waals surface area contributed by atoms with Crippen molar-refractivity contribution in [2.75, 3.05) is 26.1 Å². The minimum atomic E-state index is -0.843. The number of carbonyl (C=O) groups is 1. The van der Waals surface area contributed by atoms with Crippen molar-refractivity contribution >= 4 is 29.0 Å². The van der Waals surface area contributed by atoms with Gasteiger partial charge in [0.25, 0.3) is 11.5 Å². The van der Waals surface area contributed by atoms with Crippen molar-refractivity contribution in [1.82, 2.24) is 4.57 Å². The Morgan fingerprint density at radius 1 is 0.939 bits per heavy atom. The Morgan fingerprint density at radius 3 is 2.43 bits per heavy atom. The lowest BCUT2D eigenvalue weighted by molar-refractivity contribution is -0.113. The van der Waals surface area contributed by atoms with E-state index in [0.29, 0.717) is 67.0 Å². The lowest BCUT2D eigenvalue weighted by Crippen LogP contribution is -2.40. The molecule has 0 fully saturated rings. The standard InChI is InChI=1S/C38H34FN3O6S/c1-5-47-32-19-25(13-18-30(32)48-22-24-11-14-26(39)15-12-24)20-33-37(44)42-35(29-17-16-28(45-3)21-31(29)46-4)34(23(2)40-38(42)49-33)36(43)41-27-9-7-6-8-10-27/h6-21,35H,5,22H2,1-4H3,(H,41,43)/b33-20-/t35-/m1/s1. The minimum absolute atomic E-state index is 0.229. The van der Waals surface area contributed by atoms with Gasteiger partial charge >= 0.3 is 0 Å². The predicted molar refractivity (Wildman–Crippen MR) is 187 cm³/mol. The summed E-state index contributed by atoms with van der Waals surface area (Å²) in [5, 5.41) is 2.96. The number of hydrogen-bond acceptors (Lipinski definition) is 8. The molecule has 5 aromatic rings. The number of aromatic nitrogens is 1. The maximum absolute atomic E-state index is 14.3. The predicted octanol–water partition coefficient (Wildman–Crippen LogP) is 6.01. The summed E-state index contributed by atoms with van der Waals surface area (Å²) < 4.78 is 38.3. The number of para-hydroxylation sites is 1. The monoisotopic (exact) mass is 679 g/mol. The molecular formula is C38H34FN3O6S. The lowest BCUT2D eigenvalue weighted by Gasteiger charge is -2.26.